The van der Waals surface area contributed by atoms with Crippen molar-refractivity contribution in [3.8, 4) is 5.75 Å². The summed E-state index contributed by atoms with van der Waals surface area (Å²) in [6.45, 7) is 0.794. The van der Waals surface area contributed by atoms with Gasteiger partial charge in [0.05, 0.1) is 6.61 Å². The number of hydrogen-bond donors (Lipinski definition) is 1. The van der Waals surface area contributed by atoms with Gasteiger partial charge in [-0.25, -0.2) is 0 Å². The Kier molecular flexibility index (Phi) is 3.37. The third-order valence-electron chi connectivity index (χ3n) is 4.19. The van der Waals surface area contributed by atoms with E-state index in [-0.39, 0.29) is 6.04 Å². The third kappa shape index (κ3) is 2.17. The van der Waals surface area contributed by atoms with Gasteiger partial charge >= 0.3 is 0 Å². The predicted octanol–water partition coefficient (Wildman–Crippen LogP) is 3.38. The van der Waals surface area contributed by atoms with Gasteiger partial charge in [0.25, 0.3) is 0 Å². The Balaban J connectivity index is 1.86. The highest BCUT2D eigenvalue weighted by Crippen LogP contribution is 2.38. The van der Waals surface area contributed by atoms with Crippen LogP contribution in [-0.4, -0.2) is 12.6 Å². The standard InChI is InChI=1S/C16H21NO/c17-16(12-6-2-1-3-7-12)14-10-11-18-15-9-5-4-8-13(14)15/h4-6,8-9,14,16H,1-3,7,10-11,17H2. The summed E-state index contributed by atoms with van der Waals surface area (Å²) in [6.07, 6.45) is 8.40. The molecule has 0 fully saturated rings. The molecule has 2 nitrogen and oxygen atoms in total. The molecule has 1 aromatic carbocycles. The molecule has 96 valence electrons. The van der Waals surface area contributed by atoms with Crippen LogP contribution in [0.1, 0.15) is 43.6 Å². The molecule has 2 atom stereocenters. The van der Waals surface area contributed by atoms with E-state index in [1.807, 2.05) is 6.07 Å². The topological polar surface area (TPSA) is 35.2 Å². The molecule has 2 aliphatic rings. The normalized spacial score (nSPS) is 24.7. The maximum atomic E-state index is 6.51. The summed E-state index contributed by atoms with van der Waals surface area (Å²) in [7, 11) is 0. The summed E-state index contributed by atoms with van der Waals surface area (Å²) >= 11 is 0. The van der Waals surface area contributed by atoms with E-state index in [1.165, 1.54) is 36.8 Å². The fourth-order valence-corrected chi connectivity index (χ4v) is 3.17. The van der Waals surface area contributed by atoms with Gasteiger partial charge in [-0.1, -0.05) is 29.8 Å². The first-order valence-electron chi connectivity index (χ1n) is 7.02. The van der Waals surface area contributed by atoms with Gasteiger partial charge in [0.1, 0.15) is 5.75 Å². The van der Waals surface area contributed by atoms with E-state index in [0.29, 0.717) is 5.92 Å². The second-order valence-electron chi connectivity index (χ2n) is 5.33. The SMILES string of the molecule is NC(C1=CCCCC1)C1CCOc2ccccc21. The minimum atomic E-state index is 0.176. The summed E-state index contributed by atoms with van der Waals surface area (Å²) in [4.78, 5) is 0. The molecule has 2 N–H and O–H groups in total. The monoisotopic (exact) mass is 243 g/mol. The van der Waals surface area contributed by atoms with Crippen molar-refractivity contribution in [2.45, 2.75) is 44.1 Å². The van der Waals surface area contributed by atoms with Crippen LogP contribution in [0.4, 0.5) is 0 Å². The van der Waals surface area contributed by atoms with Crippen LogP contribution in [0.3, 0.4) is 0 Å². The lowest BCUT2D eigenvalue weighted by Gasteiger charge is -2.32. The number of hydrogen-bond acceptors (Lipinski definition) is 2. The van der Waals surface area contributed by atoms with E-state index in [2.05, 4.69) is 24.3 Å². The van der Waals surface area contributed by atoms with Crippen molar-refractivity contribution < 1.29 is 4.74 Å². The maximum absolute atomic E-state index is 6.51. The van der Waals surface area contributed by atoms with Crippen LogP contribution in [0.25, 0.3) is 0 Å². The van der Waals surface area contributed by atoms with Crippen molar-refractivity contribution >= 4 is 0 Å². The molecule has 2 heteroatoms. The van der Waals surface area contributed by atoms with E-state index >= 15 is 0 Å². The number of ether oxygens (including phenoxy) is 1. The van der Waals surface area contributed by atoms with Crippen LogP contribution in [0.5, 0.6) is 5.75 Å². The van der Waals surface area contributed by atoms with Crippen molar-refractivity contribution in [2.75, 3.05) is 6.61 Å². The zero-order chi connectivity index (χ0) is 12.4. The minimum Gasteiger partial charge on any atom is -0.493 e. The molecule has 0 bridgehead atoms. The molecule has 1 aromatic rings. The van der Waals surface area contributed by atoms with Crippen molar-refractivity contribution in [3.05, 3.63) is 41.5 Å². The zero-order valence-electron chi connectivity index (χ0n) is 10.8. The molecule has 2 unspecified atom stereocenters. The molecule has 0 saturated carbocycles. The third-order valence-corrected chi connectivity index (χ3v) is 4.19. The number of fused-ring (bicyclic) bond motifs is 1. The molecular weight excluding hydrogens is 222 g/mol. The Bertz CT molecular complexity index is 452. The molecule has 0 saturated heterocycles. The van der Waals surface area contributed by atoms with Crippen LogP contribution >= 0.6 is 0 Å². The Labute approximate surface area is 109 Å². The number of allylic oxidation sites excluding steroid dienone is 1. The van der Waals surface area contributed by atoms with Crippen molar-refractivity contribution in [2.24, 2.45) is 5.73 Å². The predicted molar refractivity (Wildman–Crippen MR) is 73.8 cm³/mol. The van der Waals surface area contributed by atoms with Gasteiger partial charge in [0, 0.05) is 12.0 Å². The van der Waals surface area contributed by atoms with Crippen molar-refractivity contribution in [3.63, 3.8) is 0 Å². The molecule has 18 heavy (non-hydrogen) atoms. The smallest absolute Gasteiger partial charge is 0.122 e. The van der Waals surface area contributed by atoms with E-state index in [4.69, 9.17) is 10.5 Å². The first-order chi connectivity index (χ1) is 8.86. The average Bonchev–Trinajstić information content (AvgIpc) is 2.47. The summed E-state index contributed by atoms with van der Waals surface area (Å²) in [6, 6.07) is 8.52. The Hall–Kier alpha value is -1.28. The van der Waals surface area contributed by atoms with Crippen molar-refractivity contribution in [1.82, 2.24) is 0 Å². The van der Waals surface area contributed by atoms with Gasteiger partial charge in [-0.2, -0.15) is 0 Å². The Morgan fingerprint density at radius 3 is 2.94 bits per heavy atom. The van der Waals surface area contributed by atoms with E-state index in [0.717, 1.165) is 18.8 Å². The fraction of sp³-hybridized carbons (Fsp3) is 0.500. The lowest BCUT2D eigenvalue weighted by Crippen LogP contribution is -2.34. The van der Waals surface area contributed by atoms with Gasteiger partial charge < -0.3 is 10.5 Å². The molecule has 0 spiro atoms. The summed E-state index contributed by atoms with van der Waals surface area (Å²) < 4.78 is 5.72. The second kappa shape index (κ2) is 5.15. The molecule has 1 aliphatic carbocycles. The van der Waals surface area contributed by atoms with Gasteiger partial charge in [-0.15, -0.1) is 0 Å². The summed E-state index contributed by atoms with van der Waals surface area (Å²) in [5.74, 6) is 1.46. The second-order valence-corrected chi connectivity index (χ2v) is 5.33. The lowest BCUT2D eigenvalue weighted by atomic mass is 9.80. The molecule has 0 radical (unpaired) electrons. The zero-order valence-corrected chi connectivity index (χ0v) is 10.8. The molecule has 0 amide bonds. The van der Waals surface area contributed by atoms with Crippen LogP contribution < -0.4 is 10.5 Å². The van der Waals surface area contributed by atoms with Crippen molar-refractivity contribution in [1.29, 1.82) is 0 Å². The molecule has 1 aliphatic heterocycles. The number of para-hydroxylation sites is 1. The molecule has 0 aromatic heterocycles. The quantitative estimate of drug-likeness (QED) is 0.808. The van der Waals surface area contributed by atoms with Crippen LogP contribution in [0.15, 0.2) is 35.9 Å². The number of nitrogens with two attached hydrogens (primary N) is 1. The van der Waals surface area contributed by atoms with Gasteiger partial charge in [0.15, 0.2) is 0 Å². The van der Waals surface area contributed by atoms with Gasteiger partial charge in [-0.05, 0) is 43.7 Å². The highest BCUT2D eigenvalue weighted by atomic mass is 16.5. The fourth-order valence-electron chi connectivity index (χ4n) is 3.17. The van der Waals surface area contributed by atoms with Crippen LogP contribution in [0.2, 0.25) is 0 Å². The molecular formula is C16H21NO. The van der Waals surface area contributed by atoms with Gasteiger partial charge in [-0.3, -0.25) is 0 Å². The lowest BCUT2D eigenvalue weighted by molar-refractivity contribution is 0.259. The highest BCUT2D eigenvalue weighted by molar-refractivity contribution is 5.40. The summed E-state index contributed by atoms with van der Waals surface area (Å²) in [5, 5.41) is 0. The van der Waals surface area contributed by atoms with E-state index < -0.39 is 0 Å². The Morgan fingerprint density at radius 2 is 2.11 bits per heavy atom. The minimum absolute atomic E-state index is 0.176. The van der Waals surface area contributed by atoms with Gasteiger partial charge in [0.2, 0.25) is 0 Å². The maximum Gasteiger partial charge on any atom is 0.122 e. The summed E-state index contributed by atoms with van der Waals surface area (Å²) in [5.41, 5.74) is 9.27. The average molecular weight is 243 g/mol. The van der Waals surface area contributed by atoms with Crippen LogP contribution in [-0.2, 0) is 0 Å². The number of rotatable bonds is 2. The van der Waals surface area contributed by atoms with Crippen LogP contribution in [0, 0.1) is 0 Å². The molecule has 3 rings (SSSR count). The highest BCUT2D eigenvalue weighted by Gasteiger charge is 2.28. The first-order valence-corrected chi connectivity index (χ1v) is 7.02. The van der Waals surface area contributed by atoms with E-state index in [1.54, 1.807) is 0 Å². The first kappa shape index (κ1) is 11.8. The Morgan fingerprint density at radius 1 is 1.22 bits per heavy atom. The largest absolute Gasteiger partial charge is 0.493 e. The van der Waals surface area contributed by atoms with E-state index in [9.17, 15) is 0 Å². The molecule has 1 heterocycles. The number of benzene rings is 1.